The number of para-hydroxylation sites is 4. The highest BCUT2D eigenvalue weighted by molar-refractivity contribution is 7.31. The van der Waals surface area contributed by atoms with Crippen LogP contribution in [-0.2, 0) is 0 Å². The quantitative estimate of drug-likeness (QED) is 0.124. The molecule has 0 bridgehead atoms. The lowest BCUT2D eigenvalue weighted by Crippen LogP contribution is -2.74. The maximum atomic E-state index is 7.52. The Balaban J connectivity index is 1.10. The SMILES string of the molecule is c1ccc([Si](c2ccccc2)(c2cccc3c2oc2c(-n4c5ccccc5c5ncccc54)cccc23)c2cccc3c2sc2c(-n4c5ccccc5c5ncccc54)cccc23)cc1. The van der Waals surface area contributed by atoms with Gasteiger partial charge in [-0.2, -0.15) is 0 Å². The molecule has 0 fully saturated rings. The highest BCUT2D eigenvalue weighted by Gasteiger charge is 2.45. The van der Waals surface area contributed by atoms with Crippen LogP contribution in [0.2, 0.25) is 0 Å². The fourth-order valence-electron chi connectivity index (χ4n) is 10.9. The zero-order chi connectivity index (χ0) is 42.6. The molecule has 65 heavy (non-hydrogen) atoms. The molecule has 0 atom stereocenters. The molecule has 0 amide bonds. The maximum Gasteiger partial charge on any atom is 0.185 e. The lowest BCUT2D eigenvalue weighted by atomic mass is 10.1. The van der Waals surface area contributed by atoms with Crippen LogP contribution in [-0.4, -0.2) is 27.2 Å². The summed E-state index contributed by atoms with van der Waals surface area (Å²) in [6.45, 7) is 0. The lowest BCUT2D eigenvalue weighted by Gasteiger charge is -2.34. The molecule has 0 saturated heterocycles. The fraction of sp³-hybridized carbons (Fsp3) is 0. The molecule has 14 aromatic rings. The second-order valence-corrected chi connectivity index (χ2v) is 21.6. The van der Waals surface area contributed by atoms with E-state index in [-0.39, 0.29) is 0 Å². The summed E-state index contributed by atoms with van der Waals surface area (Å²) in [6, 6.07) is 75.3. The van der Waals surface area contributed by atoms with Crippen molar-refractivity contribution >= 4 is 126 Å². The van der Waals surface area contributed by atoms with Gasteiger partial charge in [-0.1, -0.05) is 158 Å². The highest BCUT2D eigenvalue weighted by atomic mass is 32.1. The Morgan fingerprint density at radius 1 is 0.354 bits per heavy atom. The molecular formula is C58H36N4OSSi. The number of nitrogens with zero attached hydrogens (tertiary/aromatic N) is 4. The Hall–Kier alpha value is -8.10. The van der Waals surface area contributed by atoms with Gasteiger partial charge >= 0.3 is 0 Å². The minimum atomic E-state index is -3.21. The Morgan fingerprint density at radius 3 is 1.45 bits per heavy atom. The van der Waals surface area contributed by atoms with E-state index in [9.17, 15) is 0 Å². The second kappa shape index (κ2) is 13.9. The first-order valence-corrected chi connectivity index (χ1v) is 24.8. The normalized spacial score (nSPS) is 12.3. The van der Waals surface area contributed by atoms with Crippen LogP contribution >= 0.6 is 11.3 Å². The molecule has 0 aliphatic heterocycles. The molecule has 0 aliphatic rings. The first-order valence-electron chi connectivity index (χ1n) is 22.0. The van der Waals surface area contributed by atoms with E-state index in [4.69, 9.17) is 14.4 Å². The summed E-state index contributed by atoms with van der Waals surface area (Å²) in [5.74, 6) is 0. The monoisotopic (exact) mass is 864 g/mol. The number of furan rings is 1. The van der Waals surface area contributed by atoms with Gasteiger partial charge in [-0.3, -0.25) is 9.97 Å². The van der Waals surface area contributed by atoms with Crippen LogP contribution < -0.4 is 20.7 Å². The van der Waals surface area contributed by atoms with E-state index in [1.165, 1.54) is 40.9 Å². The zero-order valence-corrected chi connectivity index (χ0v) is 36.7. The predicted molar refractivity (Wildman–Crippen MR) is 274 cm³/mol. The summed E-state index contributed by atoms with van der Waals surface area (Å²) >= 11 is 1.91. The molecule has 6 aromatic heterocycles. The van der Waals surface area contributed by atoms with Crippen LogP contribution in [0.1, 0.15) is 0 Å². The topological polar surface area (TPSA) is 48.8 Å². The van der Waals surface area contributed by atoms with Gasteiger partial charge < -0.3 is 13.6 Å². The van der Waals surface area contributed by atoms with Crippen LogP contribution in [0.4, 0.5) is 0 Å². The number of rotatable bonds is 6. The van der Waals surface area contributed by atoms with Crippen LogP contribution in [0.5, 0.6) is 0 Å². The minimum absolute atomic E-state index is 0.857. The third-order valence-corrected chi connectivity index (χ3v) is 19.8. The average molecular weight is 865 g/mol. The molecule has 0 N–H and O–H groups in total. The lowest BCUT2D eigenvalue weighted by molar-refractivity contribution is 0.668. The number of hydrogen-bond donors (Lipinski definition) is 0. The number of pyridine rings is 2. The number of hydrogen-bond acceptors (Lipinski definition) is 4. The smallest absolute Gasteiger partial charge is 0.185 e. The molecule has 304 valence electrons. The third kappa shape index (κ3) is 5.02. The van der Waals surface area contributed by atoms with Crippen molar-refractivity contribution < 1.29 is 4.42 Å². The summed E-state index contributed by atoms with van der Waals surface area (Å²) in [7, 11) is -3.21. The van der Waals surface area contributed by atoms with E-state index < -0.39 is 8.07 Å². The number of benzene rings is 8. The number of fused-ring (bicyclic) bond motifs is 12. The van der Waals surface area contributed by atoms with Crippen molar-refractivity contribution in [2.45, 2.75) is 0 Å². The van der Waals surface area contributed by atoms with Crippen LogP contribution in [0.3, 0.4) is 0 Å². The average Bonchev–Trinajstić information content (AvgIpc) is 4.14. The van der Waals surface area contributed by atoms with Crippen molar-refractivity contribution in [3.8, 4) is 11.4 Å². The molecular weight excluding hydrogens is 829 g/mol. The molecule has 0 aliphatic carbocycles. The van der Waals surface area contributed by atoms with Gasteiger partial charge in [-0.05, 0) is 69.3 Å². The Morgan fingerprint density at radius 2 is 0.815 bits per heavy atom. The van der Waals surface area contributed by atoms with Gasteiger partial charge in [0.2, 0.25) is 0 Å². The Kier molecular flexibility index (Phi) is 7.81. The maximum absolute atomic E-state index is 7.52. The third-order valence-electron chi connectivity index (χ3n) is 13.6. The van der Waals surface area contributed by atoms with E-state index in [1.54, 1.807) is 0 Å². The summed E-state index contributed by atoms with van der Waals surface area (Å²) < 4.78 is 14.8. The largest absolute Gasteiger partial charge is 0.454 e. The summed E-state index contributed by atoms with van der Waals surface area (Å²) in [4.78, 5) is 9.75. The summed E-state index contributed by atoms with van der Waals surface area (Å²) in [5, 5.41) is 12.1. The van der Waals surface area contributed by atoms with Gasteiger partial charge in [0.05, 0.1) is 49.2 Å². The van der Waals surface area contributed by atoms with Gasteiger partial charge in [-0.25, -0.2) is 0 Å². The number of thiophene rings is 1. The van der Waals surface area contributed by atoms with Crippen molar-refractivity contribution in [1.82, 2.24) is 19.1 Å². The van der Waals surface area contributed by atoms with Crippen LogP contribution in [0.15, 0.2) is 223 Å². The molecule has 0 saturated carbocycles. The molecule has 0 radical (unpaired) electrons. The van der Waals surface area contributed by atoms with Gasteiger partial charge in [0.1, 0.15) is 5.58 Å². The van der Waals surface area contributed by atoms with Gasteiger partial charge in [0.15, 0.2) is 13.7 Å². The van der Waals surface area contributed by atoms with Crippen molar-refractivity contribution in [3.63, 3.8) is 0 Å². The van der Waals surface area contributed by atoms with Gasteiger partial charge in [0, 0.05) is 49.4 Å². The first-order chi connectivity index (χ1) is 32.3. The van der Waals surface area contributed by atoms with Crippen molar-refractivity contribution in [2.24, 2.45) is 0 Å². The Bertz CT molecular complexity index is 3820. The number of aromatic nitrogens is 4. The van der Waals surface area contributed by atoms with E-state index in [0.29, 0.717) is 0 Å². The second-order valence-electron chi connectivity index (χ2n) is 16.8. The molecule has 14 rings (SSSR count). The summed E-state index contributed by atoms with van der Waals surface area (Å²) in [5.41, 5.74) is 10.3. The Labute approximate surface area is 377 Å². The van der Waals surface area contributed by atoms with Crippen LogP contribution in [0.25, 0.3) is 97.4 Å². The standard InChI is InChI=1S/C58H36N4OSSi/c1-3-17-37(18-4-1)65(38-19-5-2-6-20-38,51-33-13-24-40-39-23-11-29-49(55(39)63-56(40)51)61-45-27-9-7-21-43(45)53-47(61)31-15-35-59-53)52-34-14-26-42-41-25-12-30-50(57(41)64-58(42)52)62-46-28-10-8-22-44(46)54-48(62)32-16-36-60-54/h1-36H. The van der Waals surface area contributed by atoms with Crippen molar-refractivity contribution in [1.29, 1.82) is 0 Å². The van der Waals surface area contributed by atoms with E-state index in [0.717, 1.165) is 77.2 Å². The predicted octanol–water partition coefficient (Wildman–Crippen LogP) is 12.3. The fourth-order valence-corrected chi connectivity index (χ4v) is 17.7. The van der Waals surface area contributed by atoms with Gasteiger partial charge in [0.25, 0.3) is 0 Å². The minimum Gasteiger partial charge on any atom is -0.454 e. The molecule has 8 aromatic carbocycles. The van der Waals surface area contributed by atoms with Crippen molar-refractivity contribution in [2.75, 3.05) is 0 Å². The molecule has 5 nitrogen and oxygen atoms in total. The molecule has 0 unspecified atom stereocenters. The van der Waals surface area contributed by atoms with Crippen LogP contribution in [0, 0.1) is 0 Å². The van der Waals surface area contributed by atoms with Crippen molar-refractivity contribution in [3.05, 3.63) is 219 Å². The van der Waals surface area contributed by atoms with E-state index in [1.807, 2.05) is 35.9 Å². The summed E-state index contributed by atoms with van der Waals surface area (Å²) in [6.07, 6.45) is 3.78. The molecule has 7 heteroatoms. The highest BCUT2D eigenvalue weighted by Crippen LogP contribution is 2.42. The molecule has 6 heterocycles. The first kappa shape index (κ1) is 36.4. The van der Waals surface area contributed by atoms with Gasteiger partial charge in [-0.15, -0.1) is 11.3 Å². The van der Waals surface area contributed by atoms with E-state index in [2.05, 4.69) is 203 Å². The zero-order valence-electron chi connectivity index (χ0n) is 34.9. The van der Waals surface area contributed by atoms with E-state index >= 15 is 0 Å². The molecule has 0 spiro atoms.